The molecule has 218 valence electrons. The standard InChI is InChI=1S/C32H37NO8/c1-21(2)29(35)39-18-9-8-17-38-28-25-11-7-6-10-24(25)26(20-27(28)33-31(37)41-32(3,4)5)30(36)40-19-16-22-12-14-23(34)15-13-22/h6-7,10-15,20,34H,1,8-9,16-19H2,2-5H3,(H,33,37). The van der Waals surface area contributed by atoms with Crippen LogP contribution in [0.1, 0.15) is 56.5 Å². The molecule has 0 fully saturated rings. The van der Waals surface area contributed by atoms with Gasteiger partial charge in [0.1, 0.15) is 11.4 Å². The van der Waals surface area contributed by atoms with Gasteiger partial charge in [0.05, 0.1) is 31.1 Å². The fraction of sp³-hybridized carbons (Fsp3) is 0.344. The Morgan fingerprint density at radius 2 is 1.56 bits per heavy atom. The van der Waals surface area contributed by atoms with Gasteiger partial charge in [0, 0.05) is 22.8 Å². The SMILES string of the molecule is C=C(C)C(=O)OCCCCOc1c(NC(=O)OC(C)(C)C)cc(C(=O)OCCc2ccc(O)cc2)c2ccccc12. The van der Waals surface area contributed by atoms with Crippen molar-refractivity contribution in [2.24, 2.45) is 0 Å². The number of ether oxygens (including phenoxy) is 4. The molecule has 9 nitrogen and oxygen atoms in total. The quantitative estimate of drug-likeness (QED) is 0.110. The molecule has 0 heterocycles. The lowest BCUT2D eigenvalue weighted by molar-refractivity contribution is -0.139. The number of phenolic OH excluding ortho intramolecular Hbond substituents is 1. The fourth-order valence-electron chi connectivity index (χ4n) is 3.85. The average Bonchev–Trinajstić information content (AvgIpc) is 2.90. The number of nitrogens with one attached hydrogen (secondary N) is 1. The number of aromatic hydroxyl groups is 1. The van der Waals surface area contributed by atoms with Gasteiger partial charge in [0.15, 0.2) is 5.75 Å². The van der Waals surface area contributed by atoms with E-state index in [9.17, 15) is 19.5 Å². The van der Waals surface area contributed by atoms with Crippen LogP contribution in [-0.2, 0) is 25.4 Å². The minimum absolute atomic E-state index is 0.126. The first kappa shape index (κ1) is 31.0. The number of carbonyl (C=O) groups is 3. The molecular formula is C32H37NO8. The third kappa shape index (κ3) is 9.56. The van der Waals surface area contributed by atoms with E-state index in [1.165, 1.54) is 6.07 Å². The fourth-order valence-corrected chi connectivity index (χ4v) is 3.85. The van der Waals surface area contributed by atoms with Crippen LogP contribution in [0.3, 0.4) is 0 Å². The van der Waals surface area contributed by atoms with Crippen molar-refractivity contribution in [3.05, 3.63) is 77.9 Å². The van der Waals surface area contributed by atoms with E-state index in [0.29, 0.717) is 41.4 Å². The van der Waals surface area contributed by atoms with E-state index in [1.54, 1.807) is 70.2 Å². The molecule has 0 radical (unpaired) electrons. The Balaban J connectivity index is 1.81. The molecule has 0 saturated heterocycles. The van der Waals surface area contributed by atoms with E-state index < -0.39 is 23.6 Å². The number of benzene rings is 3. The highest BCUT2D eigenvalue weighted by Crippen LogP contribution is 2.37. The first-order valence-electron chi connectivity index (χ1n) is 13.4. The van der Waals surface area contributed by atoms with E-state index in [-0.39, 0.29) is 36.8 Å². The first-order valence-corrected chi connectivity index (χ1v) is 13.4. The highest BCUT2D eigenvalue weighted by atomic mass is 16.6. The zero-order chi connectivity index (χ0) is 30.0. The number of hydrogen-bond acceptors (Lipinski definition) is 8. The van der Waals surface area contributed by atoms with E-state index in [4.69, 9.17) is 18.9 Å². The van der Waals surface area contributed by atoms with Crippen LogP contribution in [0.2, 0.25) is 0 Å². The Hall–Kier alpha value is -4.53. The molecule has 1 amide bonds. The third-order valence-electron chi connectivity index (χ3n) is 5.78. The number of hydrogen-bond donors (Lipinski definition) is 2. The maximum absolute atomic E-state index is 13.2. The molecule has 41 heavy (non-hydrogen) atoms. The second-order valence-corrected chi connectivity index (χ2v) is 10.5. The molecular weight excluding hydrogens is 526 g/mol. The lowest BCUT2D eigenvalue weighted by Crippen LogP contribution is -2.27. The van der Waals surface area contributed by atoms with Gasteiger partial charge in [-0.1, -0.05) is 43.0 Å². The van der Waals surface area contributed by atoms with Crippen LogP contribution in [0.25, 0.3) is 10.8 Å². The Morgan fingerprint density at radius 3 is 2.22 bits per heavy atom. The highest BCUT2D eigenvalue weighted by molar-refractivity contribution is 6.10. The number of phenols is 1. The Morgan fingerprint density at radius 1 is 0.902 bits per heavy atom. The van der Waals surface area contributed by atoms with Crippen molar-refractivity contribution in [1.29, 1.82) is 0 Å². The van der Waals surface area contributed by atoms with Crippen molar-refractivity contribution in [2.45, 2.75) is 52.6 Å². The van der Waals surface area contributed by atoms with Crippen LogP contribution in [0.15, 0.2) is 66.7 Å². The van der Waals surface area contributed by atoms with Crippen LogP contribution >= 0.6 is 0 Å². The molecule has 3 aromatic carbocycles. The van der Waals surface area contributed by atoms with Crippen molar-refractivity contribution in [3.63, 3.8) is 0 Å². The molecule has 0 unspecified atom stereocenters. The number of unbranched alkanes of at least 4 members (excludes halogenated alkanes) is 1. The predicted octanol–water partition coefficient (Wildman–Crippen LogP) is 6.57. The van der Waals surface area contributed by atoms with Crippen LogP contribution in [0.5, 0.6) is 11.5 Å². The highest BCUT2D eigenvalue weighted by Gasteiger charge is 2.22. The van der Waals surface area contributed by atoms with Gasteiger partial charge in [-0.25, -0.2) is 14.4 Å². The van der Waals surface area contributed by atoms with Crippen molar-refractivity contribution >= 4 is 34.5 Å². The summed E-state index contributed by atoms with van der Waals surface area (Å²) in [5, 5.41) is 13.4. The first-order chi connectivity index (χ1) is 19.4. The predicted molar refractivity (Wildman–Crippen MR) is 156 cm³/mol. The van der Waals surface area contributed by atoms with Gasteiger partial charge in [-0.05, 0) is 64.3 Å². The number of rotatable bonds is 12. The molecule has 0 aromatic heterocycles. The van der Waals surface area contributed by atoms with Gasteiger partial charge in [-0.3, -0.25) is 5.32 Å². The summed E-state index contributed by atoms with van der Waals surface area (Å²) in [5.74, 6) is -0.453. The summed E-state index contributed by atoms with van der Waals surface area (Å²) < 4.78 is 22.3. The van der Waals surface area contributed by atoms with Crippen LogP contribution in [0.4, 0.5) is 10.5 Å². The van der Waals surface area contributed by atoms with Gasteiger partial charge in [-0.2, -0.15) is 0 Å². The maximum Gasteiger partial charge on any atom is 0.412 e. The molecule has 9 heteroatoms. The molecule has 0 atom stereocenters. The van der Waals surface area contributed by atoms with Gasteiger partial charge in [0.25, 0.3) is 0 Å². The average molecular weight is 564 g/mol. The number of anilines is 1. The largest absolute Gasteiger partial charge is 0.508 e. The molecule has 2 N–H and O–H groups in total. The molecule has 0 saturated carbocycles. The Kier molecular flexibility index (Phi) is 10.7. The van der Waals surface area contributed by atoms with Crippen molar-refractivity contribution in [2.75, 3.05) is 25.1 Å². The van der Waals surface area contributed by atoms with Gasteiger partial charge in [-0.15, -0.1) is 0 Å². The monoisotopic (exact) mass is 563 g/mol. The second kappa shape index (κ2) is 14.2. The smallest absolute Gasteiger partial charge is 0.412 e. The molecule has 0 spiro atoms. The number of carbonyl (C=O) groups excluding carboxylic acids is 3. The van der Waals surface area contributed by atoms with Crippen molar-refractivity contribution < 1.29 is 38.4 Å². The van der Waals surface area contributed by atoms with Crippen LogP contribution < -0.4 is 10.1 Å². The van der Waals surface area contributed by atoms with E-state index >= 15 is 0 Å². The number of esters is 2. The molecule has 0 aliphatic heterocycles. The lowest BCUT2D eigenvalue weighted by Gasteiger charge is -2.22. The summed E-state index contributed by atoms with van der Waals surface area (Å²) >= 11 is 0. The van der Waals surface area contributed by atoms with Crippen LogP contribution in [-0.4, -0.2) is 48.6 Å². The third-order valence-corrected chi connectivity index (χ3v) is 5.78. The molecule has 0 aliphatic carbocycles. The molecule has 0 bridgehead atoms. The summed E-state index contributed by atoms with van der Waals surface area (Å²) in [6.45, 7) is 11.0. The Labute approximate surface area is 240 Å². The van der Waals surface area contributed by atoms with Gasteiger partial charge in [0.2, 0.25) is 0 Å². The van der Waals surface area contributed by atoms with Gasteiger partial charge < -0.3 is 24.1 Å². The van der Waals surface area contributed by atoms with Crippen LogP contribution in [0, 0.1) is 0 Å². The zero-order valence-corrected chi connectivity index (χ0v) is 24.0. The topological polar surface area (TPSA) is 120 Å². The number of amides is 1. The normalized spacial score (nSPS) is 11.0. The van der Waals surface area contributed by atoms with Crippen molar-refractivity contribution in [3.8, 4) is 11.5 Å². The summed E-state index contributed by atoms with van der Waals surface area (Å²) in [4.78, 5) is 37.5. The van der Waals surface area contributed by atoms with Gasteiger partial charge >= 0.3 is 18.0 Å². The minimum Gasteiger partial charge on any atom is -0.508 e. The van der Waals surface area contributed by atoms with E-state index in [1.807, 2.05) is 6.07 Å². The summed E-state index contributed by atoms with van der Waals surface area (Å²) in [5.41, 5.74) is 1.03. The summed E-state index contributed by atoms with van der Waals surface area (Å²) in [6, 6.07) is 15.4. The lowest BCUT2D eigenvalue weighted by atomic mass is 10.0. The minimum atomic E-state index is -0.737. The van der Waals surface area contributed by atoms with E-state index in [0.717, 1.165) is 5.56 Å². The molecule has 3 rings (SSSR count). The summed E-state index contributed by atoms with van der Waals surface area (Å²) in [7, 11) is 0. The maximum atomic E-state index is 13.2. The number of fused-ring (bicyclic) bond motifs is 1. The Bertz CT molecular complexity index is 1390. The van der Waals surface area contributed by atoms with Crippen molar-refractivity contribution in [1.82, 2.24) is 0 Å². The van der Waals surface area contributed by atoms with E-state index in [2.05, 4.69) is 11.9 Å². The summed E-state index contributed by atoms with van der Waals surface area (Å²) in [6.07, 6.45) is 0.911. The molecule has 0 aliphatic rings. The molecule has 3 aromatic rings. The second-order valence-electron chi connectivity index (χ2n) is 10.5. The zero-order valence-electron chi connectivity index (χ0n) is 24.0.